The van der Waals surface area contributed by atoms with E-state index in [0.29, 0.717) is 26.1 Å². The van der Waals surface area contributed by atoms with Crippen molar-refractivity contribution >= 4 is 11.7 Å². The average molecular weight is 326 g/mol. The third kappa shape index (κ3) is 3.89. The van der Waals surface area contributed by atoms with Crippen LogP contribution in [0, 0.1) is 0 Å². The summed E-state index contributed by atoms with van der Waals surface area (Å²) in [6, 6.07) is 9.65. The molecule has 6 heteroatoms. The van der Waals surface area contributed by atoms with E-state index in [4.69, 9.17) is 4.74 Å². The second-order valence-electron chi connectivity index (χ2n) is 6.05. The Hall–Kier alpha value is -2.47. The van der Waals surface area contributed by atoms with E-state index in [9.17, 15) is 4.79 Å². The van der Waals surface area contributed by atoms with Crippen molar-refractivity contribution in [2.75, 3.05) is 38.7 Å². The Bertz CT molecular complexity index is 690. The summed E-state index contributed by atoms with van der Waals surface area (Å²) in [7, 11) is 3.91. The molecule has 126 valence electrons. The third-order valence-corrected chi connectivity index (χ3v) is 4.04. The number of hydrogen-bond acceptors (Lipinski definition) is 5. The van der Waals surface area contributed by atoms with Crippen molar-refractivity contribution in [1.29, 1.82) is 0 Å². The Labute approximate surface area is 142 Å². The zero-order valence-corrected chi connectivity index (χ0v) is 14.1. The van der Waals surface area contributed by atoms with Gasteiger partial charge in [0.1, 0.15) is 11.9 Å². The molecule has 2 aromatic heterocycles. The van der Waals surface area contributed by atoms with Crippen LogP contribution >= 0.6 is 0 Å². The molecule has 0 aromatic carbocycles. The smallest absolute Gasteiger partial charge is 0.227 e. The van der Waals surface area contributed by atoms with Gasteiger partial charge >= 0.3 is 0 Å². The molecule has 0 bridgehead atoms. The van der Waals surface area contributed by atoms with Gasteiger partial charge in [-0.3, -0.25) is 9.78 Å². The molecule has 3 heterocycles. The maximum Gasteiger partial charge on any atom is 0.227 e. The molecular formula is C18H22N4O2. The van der Waals surface area contributed by atoms with Crippen LogP contribution in [0.25, 0.3) is 0 Å². The first-order valence-corrected chi connectivity index (χ1v) is 8.06. The summed E-state index contributed by atoms with van der Waals surface area (Å²) < 4.78 is 5.84. The van der Waals surface area contributed by atoms with Gasteiger partial charge in [0, 0.05) is 33.0 Å². The van der Waals surface area contributed by atoms with Crippen LogP contribution in [0.4, 0.5) is 5.82 Å². The van der Waals surface area contributed by atoms with Crippen LogP contribution in [0.1, 0.15) is 17.4 Å². The highest BCUT2D eigenvalue weighted by molar-refractivity contribution is 5.78. The number of ether oxygens (including phenoxy) is 1. The predicted molar refractivity (Wildman–Crippen MR) is 91.8 cm³/mol. The molecule has 3 rings (SSSR count). The lowest BCUT2D eigenvalue weighted by atomic mass is 10.1. The number of hydrogen-bond donors (Lipinski definition) is 0. The highest BCUT2D eigenvalue weighted by Gasteiger charge is 2.26. The highest BCUT2D eigenvalue weighted by atomic mass is 16.5. The molecule has 1 aliphatic heterocycles. The second kappa shape index (κ2) is 7.40. The summed E-state index contributed by atoms with van der Waals surface area (Å²) in [6.07, 6.45) is 3.63. The minimum absolute atomic E-state index is 0.0973. The van der Waals surface area contributed by atoms with Crippen molar-refractivity contribution < 1.29 is 9.53 Å². The Balaban J connectivity index is 1.68. The lowest BCUT2D eigenvalue weighted by molar-refractivity contribution is -0.138. The summed E-state index contributed by atoms with van der Waals surface area (Å²) >= 11 is 0. The van der Waals surface area contributed by atoms with Crippen molar-refractivity contribution in [3.8, 4) is 0 Å². The van der Waals surface area contributed by atoms with Crippen LogP contribution in [-0.2, 0) is 16.0 Å². The Morgan fingerprint density at radius 1 is 1.33 bits per heavy atom. The standard InChI is InChI=1S/C18H22N4O2/c1-21(2)17-7-3-6-15(20-17)16-13-22(9-10-24-16)18(23)11-14-5-4-8-19-12-14/h3-8,12,16H,9-11,13H2,1-2H3. The van der Waals surface area contributed by atoms with Gasteiger partial charge in [-0.25, -0.2) is 4.98 Å². The van der Waals surface area contributed by atoms with Crippen LogP contribution in [-0.4, -0.2) is 54.6 Å². The molecule has 0 radical (unpaired) electrons. The molecule has 0 N–H and O–H groups in total. The minimum Gasteiger partial charge on any atom is -0.368 e. The van der Waals surface area contributed by atoms with E-state index in [1.54, 1.807) is 12.4 Å². The van der Waals surface area contributed by atoms with Crippen LogP contribution < -0.4 is 4.90 Å². The molecule has 1 amide bonds. The van der Waals surface area contributed by atoms with Crippen molar-refractivity contribution in [2.45, 2.75) is 12.5 Å². The van der Waals surface area contributed by atoms with Gasteiger partial charge in [0.2, 0.25) is 5.91 Å². The molecule has 0 spiro atoms. The van der Waals surface area contributed by atoms with Gasteiger partial charge in [-0.2, -0.15) is 0 Å². The molecule has 1 unspecified atom stereocenters. The van der Waals surface area contributed by atoms with Gasteiger partial charge in [0.05, 0.1) is 25.3 Å². The molecule has 0 saturated carbocycles. The quantitative estimate of drug-likeness (QED) is 0.856. The minimum atomic E-state index is -0.184. The molecule has 24 heavy (non-hydrogen) atoms. The Morgan fingerprint density at radius 3 is 2.96 bits per heavy atom. The number of rotatable bonds is 4. The van der Waals surface area contributed by atoms with Gasteiger partial charge in [0.25, 0.3) is 0 Å². The first-order valence-electron chi connectivity index (χ1n) is 8.06. The van der Waals surface area contributed by atoms with Crippen molar-refractivity contribution in [3.63, 3.8) is 0 Å². The molecule has 1 aliphatic rings. The number of anilines is 1. The van der Waals surface area contributed by atoms with Gasteiger partial charge in [-0.05, 0) is 23.8 Å². The summed E-state index contributed by atoms with van der Waals surface area (Å²) in [6.45, 7) is 1.67. The summed E-state index contributed by atoms with van der Waals surface area (Å²) in [5.41, 5.74) is 1.79. The van der Waals surface area contributed by atoms with Crippen LogP contribution in [0.15, 0.2) is 42.7 Å². The molecule has 1 fully saturated rings. The van der Waals surface area contributed by atoms with Crippen LogP contribution in [0.2, 0.25) is 0 Å². The molecule has 6 nitrogen and oxygen atoms in total. The van der Waals surface area contributed by atoms with E-state index < -0.39 is 0 Å². The second-order valence-corrected chi connectivity index (χ2v) is 6.05. The molecule has 2 aromatic rings. The number of carbonyl (C=O) groups is 1. The normalized spacial score (nSPS) is 17.6. The van der Waals surface area contributed by atoms with E-state index in [1.165, 1.54) is 0 Å². The van der Waals surface area contributed by atoms with E-state index in [-0.39, 0.29) is 12.0 Å². The fraction of sp³-hybridized carbons (Fsp3) is 0.389. The zero-order chi connectivity index (χ0) is 16.9. The van der Waals surface area contributed by atoms with Gasteiger partial charge < -0.3 is 14.5 Å². The van der Waals surface area contributed by atoms with E-state index in [1.807, 2.05) is 54.2 Å². The Kier molecular flexibility index (Phi) is 5.05. The fourth-order valence-electron chi connectivity index (χ4n) is 2.71. The van der Waals surface area contributed by atoms with Crippen LogP contribution in [0.5, 0.6) is 0 Å². The maximum atomic E-state index is 12.5. The van der Waals surface area contributed by atoms with E-state index in [0.717, 1.165) is 17.1 Å². The van der Waals surface area contributed by atoms with Gasteiger partial charge in [-0.15, -0.1) is 0 Å². The predicted octanol–water partition coefficient (Wildman–Crippen LogP) is 1.69. The Morgan fingerprint density at radius 2 is 2.21 bits per heavy atom. The summed E-state index contributed by atoms with van der Waals surface area (Å²) in [4.78, 5) is 25.0. The first kappa shape index (κ1) is 16.4. The topological polar surface area (TPSA) is 58.6 Å². The lowest BCUT2D eigenvalue weighted by Crippen LogP contribution is -2.43. The maximum absolute atomic E-state index is 12.5. The lowest BCUT2D eigenvalue weighted by Gasteiger charge is -2.33. The summed E-state index contributed by atoms with van der Waals surface area (Å²) in [5.74, 6) is 0.981. The number of amides is 1. The number of nitrogens with zero attached hydrogens (tertiary/aromatic N) is 4. The number of carbonyl (C=O) groups excluding carboxylic acids is 1. The van der Waals surface area contributed by atoms with Crippen molar-refractivity contribution in [3.05, 3.63) is 54.0 Å². The number of morpholine rings is 1. The monoisotopic (exact) mass is 326 g/mol. The zero-order valence-electron chi connectivity index (χ0n) is 14.1. The van der Waals surface area contributed by atoms with Crippen LogP contribution in [0.3, 0.4) is 0 Å². The summed E-state index contributed by atoms with van der Waals surface area (Å²) in [5, 5.41) is 0. The molecule has 0 aliphatic carbocycles. The largest absolute Gasteiger partial charge is 0.368 e. The number of aromatic nitrogens is 2. The van der Waals surface area contributed by atoms with Crippen molar-refractivity contribution in [2.24, 2.45) is 0 Å². The third-order valence-electron chi connectivity index (χ3n) is 4.04. The van der Waals surface area contributed by atoms with Gasteiger partial charge in [0.15, 0.2) is 0 Å². The van der Waals surface area contributed by atoms with E-state index in [2.05, 4.69) is 9.97 Å². The van der Waals surface area contributed by atoms with Gasteiger partial charge in [-0.1, -0.05) is 12.1 Å². The SMILES string of the molecule is CN(C)c1cccc(C2CN(C(=O)Cc3cccnc3)CCO2)n1. The highest BCUT2D eigenvalue weighted by Crippen LogP contribution is 2.23. The number of pyridine rings is 2. The fourth-order valence-corrected chi connectivity index (χ4v) is 2.71. The average Bonchev–Trinajstić information content (AvgIpc) is 2.63. The first-order chi connectivity index (χ1) is 11.6. The molecular weight excluding hydrogens is 304 g/mol. The molecule has 1 atom stereocenters. The van der Waals surface area contributed by atoms with E-state index >= 15 is 0 Å². The van der Waals surface area contributed by atoms with Crippen molar-refractivity contribution in [1.82, 2.24) is 14.9 Å². The molecule has 1 saturated heterocycles.